The number of thiophene rings is 1. The van der Waals surface area contributed by atoms with Gasteiger partial charge in [0.15, 0.2) is 0 Å². The number of amides is 2. The minimum Gasteiger partial charge on any atom is -0.310 e. The first-order chi connectivity index (χ1) is 17.0. The number of carbonyl (C=O) groups is 1. The van der Waals surface area contributed by atoms with Crippen molar-refractivity contribution in [1.82, 2.24) is 9.47 Å². The first-order valence-corrected chi connectivity index (χ1v) is 12.4. The lowest BCUT2D eigenvalue weighted by Gasteiger charge is -2.31. The van der Waals surface area contributed by atoms with Crippen LogP contribution in [0.25, 0.3) is 5.00 Å². The molecule has 2 aromatic heterocycles. The monoisotopic (exact) mass is 493 g/mol. The van der Waals surface area contributed by atoms with Gasteiger partial charge >= 0.3 is 6.03 Å². The third kappa shape index (κ3) is 3.82. The lowest BCUT2D eigenvalue weighted by atomic mass is 9.95. The molecule has 0 spiro atoms. The molecule has 4 nitrogen and oxygen atoms in total. The van der Waals surface area contributed by atoms with Gasteiger partial charge in [0.2, 0.25) is 0 Å². The molecule has 3 heterocycles. The summed E-state index contributed by atoms with van der Waals surface area (Å²) in [5.74, 6) is -1.73. The highest BCUT2D eigenvalue weighted by atomic mass is 32.1. The van der Waals surface area contributed by atoms with E-state index in [1.54, 1.807) is 28.4 Å². The summed E-state index contributed by atoms with van der Waals surface area (Å²) in [6, 6.07) is 11.8. The fourth-order valence-electron chi connectivity index (χ4n) is 5.16. The second-order valence-corrected chi connectivity index (χ2v) is 10.0. The van der Waals surface area contributed by atoms with E-state index in [1.165, 1.54) is 22.6 Å². The predicted molar refractivity (Wildman–Crippen MR) is 129 cm³/mol. The molecule has 0 saturated heterocycles. The Balaban J connectivity index is 1.50. The molecule has 0 radical (unpaired) electrons. The molecule has 0 fully saturated rings. The van der Waals surface area contributed by atoms with E-state index in [2.05, 4.69) is 9.88 Å². The maximum atomic E-state index is 14.4. The maximum absolute atomic E-state index is 14.4. The molecule has 1 aliphatic carbocycles. The van der Waals surface area contributed by atoms with Gasteiger partial charge in [0.1, 0.15) is 22.5 Å². The van der Waals surface area contributed by atoms with E-state index in [1.807, 2.05) is 18.3 Å². The molecule has 178 valence electrons. The summed E-state index contributed by atoms with van der Waals surface area (Å²) in [6.07, 6.45) is 6.20. The quantitative estimate of drug-likeness (QED) is 0.322. The lowest BCUT2D eigenvalue weighted by Crippen LogP contribution is -2.38. The molecule has 2 aliphatic rings. The van der Waals surface area contributed by atoms with Crippen LogP contribution in [-0.2, 0) is 19.4 Å². The van der Waals surface area contributed by atoms with Crippen LogP contribution in [0.2, 0.25) is 0 Å². The van der Waals surface area contributed by atoms with Crippen molar-refractivity contribution < 1.29 is 18.0 Å². The standard InChI is InChI=1S/C27H22F3N3OS/c28-17-9-7-16(8-10-17)25-23-5-3-13-32(23)26-20(19-4-1-2-6-24(19)35-26)15-33(25)27(34)31-22-14-18(29)11-12-21(22)30/h3,5,7-14,25H,1-2,4,6,15H2,(H,31,34)/t25-/m0/s1. The Morgan fingerprint density at radius 2 is 1.71 bits per heavy atom. The van der Waals surface area contributed by atoms with Crippen LogP contribution in [0.15, 0.2) is 60.8 Å². The van der Waals surface area contributed by atoms with Crippen LogP contribution in [0.3, 0.4) is 0 Å². The van der Waals surface area contributed by atoms with Gasteiger partial charge in [-0.1, -0.05) is 12.1 Å². The fourth-order valence-corrected chi connectivity index (χ4v) is 6.57. The first-order valence-electron chi connectivity index (χ1n) is 11.6. The number of nitrogens with one attached hydrogen (secondary N) is 1. The minimum atomic E-state index is -0.718. The number of carbonyl (C=O) groups excluding carboxylic acids is 1. The van der Waals surface area contributed by atoms with Crippen LogP contribution < -0.4 is 5.32 Å². The van der Waals surface area contributed by atoms with Crippen LogP contribution in [0.4, 0.5) is 23.7 Å². The van der Waals surface area contributed by atoms with E-state index in [-0.39, 0.29) is 11.5 Å². The number of urea groups is 1. The second-order valence-electron chi connectivity index (χ2n) is 8.93. The Morgan fingerprint density at radius 3 is 2.54 bits per heavy atom. The molecule has 0 unspecified atom stereocenters. The van der Waals surface area contributed by atoms with Gasteiger partial charge in [-0.15, -0.1) is 11.3 Å². The second kappa shape index (κ2) is 8.61. The predicted octanol–water partition coefficient (Wildman–Crippen LogP) is 6.97. The Labute approximate surface area is 204 Å². The molecule has 2 amide bonds. The summed E-state index contributed by atoms with van der Waals surface area (Å²) < 4.78 is 44.1. The van der Waals surface area contributed by atoms with Crippen molar-refractivity contribution in [1.29, 1.82) is 0 Å². The number of nitrogens with zero attached hydrogens (tertiary/aromatic N) is 2. The van der Waals surface area contributed by atoms with Gasteiger partial charge in [0.25, 0.3) is 0 Å². The molecule has 1 aliphatic heterocycles. The normalized spacial score (nSPS) is 16.8. The Hall–Kier alpha value is -3.52. The summed E-state index contributed by atoms with van der Waals surface area (Å²) in [5, 5.41) is 3.66. The summed E-state index contributed by atoms with van der Waals surface area (Å²) >= 11 is 1.76. The molecule has 1 N–H and O–H groups in total. The van der Waals surface area contributed by atoms with E-state index in [0.29, 0.717) is 6.54 Å². The molecule has 4 aromatic rings. The van der Waals surface area contributed by atoms with Crippen molar-refractivity contribution in [2.75, 3.05) is 5.32 Å². The SMILES string of the molecule is O=C(Nc1cc(F)ccc1F)N1Cc2c(sc3c2CCCC3)-n2cccc2[C@@H]1c1ccc(F)cc1. The Morgan fingerprint density at radius 1 is 0.943 bits per heavy atom. The van der Waals surface area contributed by atoms with Crippen molar-refractivity contribution in [2.24, 2.45) is 0 Å². The van der Waals surface area contributed by atoms with Crippen LogP contribution in [-0.4, -0.2) is 15.5 Å². The number of hydrogen-bond acceptors (Lipinski definition) is 2. The Bertz CT molecular complexity index is 1430. The third-order valence-corrected chi connectivity index (χ3v) is 8.13. The largest absolute Gasteiger partial charge is 0.323 e. The van der Waals surface area contributed by atoms with Crippen molar-refractivity contribution in [2.45, 2.75) is 38.3 Å². The zero-order chi connectivity index (χ0) is 24.1. The number of aryl methyl sites for hydroxylation is 1. The minimum absolute atomic E-state index is 0.222. The van der Waals surface area contributed by atoms with Gasteiger partial charge < -0.3 is 14.8 Å². The summed E-state index contributed by atoms with van der Waals surface area (Å²) in [4.78, 5) is 16.7. The highest BCUT2D eigenvalue weighted by molar-refractivity contribution is 7.15. The van der Waals surface area contributed by atoms with Gasteiger partial charge in [-0.05, 0) is 73.2 Å². The number of aromatic nitrogens is 1. The molecule has 0 saturated carbocycles. The van der Waals surface area contributed by atoms with Gasteiger partial charge in [-0.2, -0.15) is 0 Å². The number of rotatable bonds is 2. The highest BCUT2D eigenvalue weighted by Gasteiger charge is 2.36. The first kappa shape index (κ1) is 22.0. The maximum Gasteiger partial charge on any atom is 0.323 e. The number of anilines is 1. The average Bonchev–Trinajstić information content (AvgIpc) is 3.44. The van der Waals surface area contributed by atoms with E-state index < -0.39 is 23.7 Å². The van der Waals surface area contributed by atoms with E-state index in [9.17, 15) is 18.0 Å². The van der Waals surface area contributed by atoms with Crippen LogP contribution in [0, 0.1) is 17.5 Å². The molecular weight excluding hydrogens is 471 g/mol. The topological polar surface area (TPSA) is 37.3 Å². The van der Waals surface area contributed by atoms with Gasteiger partial charge in [0.05, 0.1) is 24.0 Å². The zero-order valence-electron chi connectivity index (χ0n) is 18.7. The summed E-state index contributed by atoms with van der Waals surface area (Å²) in [6.45, 7) is 0.299. The third-order valence-electron chi connectivity index (χ3n) is 6.80. The molecule has 8 heteroatoms. The summed E-state index contributed by atoms with van der Waals surface area (Å²) in [5.41, 5.74) is 3.72. The molecule has 6 rings (SSSR count). The fraction of sp³-hybridized carbons (Fsp3) is 0.222. The van der Waals surface area contributed by atoms with Gasteiger partial charge in [-0.3, -0.25) is 0 Å². The average molecular weight is 494 g/mol. The zero-order valence-corrected chi connectivity index (χ0v) is 19.5. The molecule has 2 aromatic carbocycles. The van der Waals surface area contributed by atoms with Crippen molar-refractivity contribution in [3.8, 4) is 5.00 Å². The van der Waals surface area contributed by atoms with Gasteiger partial charge in [-0.25, -0.2) is 18.0 Å². The van der Waals surface area contributed by atoms with Gasteiger partial charge in [0, 0.05) is 22.7 Å². The number of benzene rings is 2. The highest BCUT2D eigenvalue weighted by Crippen LogP contribution is 2.44. The van der Waals surface area contributed by atoms with Crippen LogP contribution in [0.5, 0.6) is 0 Å². The van der Waals surface area contributed by atoms with Crippen molar-refractivity contribution in [3.05, 3.63) is 106 Å². The lowest BCUT2D eigenvalue weighted by molar-refractivity contribution is 0.194. The van der Waals surface area contributed by atoms with Crippen molar-refractivity contribution >= 4 is 23.1 Å². The smallest absolute Gasteiger partial charge is 0.310 e. The molecule has 35 heavy (non-hydrogen) atoms. The molecule has 1 atom stereocenters. The van der Waals surface area contributed by atoms with Crippen molar-refractivity contribution in [3.63, 3.8) is 0 Å². The van der Waals surface area contributed by atoms with Crippen LogP contribution >= 0.6 is 11.3 Å². The van der Waals surface area contributed by atoms with E-state index >= 15 is 0 Å². The van der Waals surface area contributed by atoms with Crippen LogP contribution in [0.1, 0.15) is 46.1 Å². The Kier molecular flexibility index (Phi) is 5.40. The number of fused-ring (bicyclic) bond motifs is 5. The van der Waals surface area contributed by atoms with E-state index in [0.717, 1.165) is 65.7 Å². The van der Waals surface area contributed by atoms with E-state index in [4.69, 9.17) is 0 Å². The molecule has 0 bridgehead atoms. The molecular formula is C27H22F3N3OS. The number of hydrogen-bond donors (Lipinski definition) is 1. The summed E-state index contributed by atoms with van der Waals surface area (Å²) in [7, 11) is 0. The number of halogens is 3.